The van der Waals surface area contributed by atoms with Gasteiger partial charge in [-0.15, -0.1) is 19.7 Å². The first kappa shape index (κ1) is 29.7. The lowest BCUT2D eigenvalue weighted by atomic mass is 10.6. The van der Waals surface area contributed by atoms with E-state index in [2.05, 4.69) is 19.7 Å². The maximum absolute atomic E-state index is 4.72. The average Bonchev–Trinajstić information content (AvgIpc) is 2.10. The Morgan fingerprint density at radius 1 is 0.923 bits per heavy atom. The number of allylic oxidation sites excluding steroid dienone is 4. The minimum atomic E-state index is 0. The molecule has 0 bridgehead atoms. The van der Waals surface area contributed by atoms with Crippen LogP contribution in [0.3, 0.4) is 0 Å². The lowest BCUT2D eigenvalue weighted by molar-refractivity contribution is 1.64. The Balaban J connectivity index is -0.0000000220. The first-order valence-corrected chi connectivity index (χ1v) is 3.88. The smallest absolute Gasteiger partial charge is 0.106 e. The van der Waals surface area contributed by atoms with Gasteiger partial charge >= 0.3 is 0 Å². The van der Waals surface area contributed by atoms with Gasteiger partial charge in [-0.25, -0.2) is 0 Å². The molecule has 78 valence electrons. The summed E-state index contributed by atoms with van der Waals surface area (Å²) in [5.74, 6) is 0. The highest BCUT2D eigenvalue weighted by Crippen LogP contribution is 1.57. The molecule has 0 N–H and O–H groups in total. The molecular weight excluding hydrogens is 156 g/mol. The van der Waals surface area contributed by atoms with E-state index in [4.69, 9.17) is 6.58 Å². The molecule has 0 saturated heterocycles. The highest BCUT2D eigenvalue weighted by Gasteiger charge is 1.34. The quantitative estimate of drug-likeness (QED) is 0.357. The van der Waals surface area contributed by atoms with Gasteiger partial charge in [-0.05, 0) is 20.8 Å². The van der Waals surface area contributed by atoms with Crippen molar-refractivity contribution < 1.29 is 0 Å². The Labute approximate surface area is 86.4 Å². The summed E-state index contributed by atoms with van der Waals surface area (Å²) in [5, 5.41) is 0. The van der Waals surface area contributed by atoms with Crippen LogP contribution in [-0.4, -0.2) is 0 Å². The van der Waals surface area contributed by atoms with Crippen molar-refractivity contribution in [3.05, 3.63) is 50.6 Å². The van der Waals surface area contributed by atoms with Gasteiger partial charge in [0.25, 0.3) is 0 Å². The van der Waals surface area contributed by atoms with Crippen molar-refractivity contribution in [1.82, 2.24) is 0 Å². The Kier molecular flexibility index (Phi) is 294. The van der Waals surface area contributed by atoms with Crippen LogP contribution in [0.15, 0.2) is 44.0 Å². The zero-order valence-electron chi connectivity index (χ0n) is 9.01. The molecule has 0 aromatic carbocycles. The number of rotatable bonds is 0. The van der Waals surface area contributed by atoms with Crippen molar-refractivity contribution >= 4 is 0 Å². The van der Waals surface area contributed by atoms with Gasteiger partial charge in [0.05, 0.1) is 0 Å². The molecule has 13 heavy (non-hydrogen) atoms. The van der Waals surface area contributed by atoms with Gasteiger partial charge in [0.15, 0.2) is 0 Å². The van der Waals surface area contributed by atoms with Gasteiger partial charge in [0.1, 0.15) is 6.08 Å². The second kappa shape index (κ2) is 129. The third kappa shape index (κ3) is 50600. The molecule has 0 heteroatoms. The molecule has 0 aromatic rings. The largest absolute Gasteiger partial charge is 0.201 e. The molecule has 0 aliphatic carbocycles. The standard InChI is InChI=1S/C4H8.C3H6.C3H5.C2H4.CH4/c1-3-4-2;2*1-3-2;1-2;/h3-4H,1-2H3;3H,1H2,2H3;1,3H,2H3;1-2H2;1H4/q;;+1;;/b4-3-;;;;. The first-order chi connectivity index (χ1) is 5.74. The van der Waals surface area contributed by atoms with Crippen LogP contribution in [0.5, 0.6) is 0 Å². The third-order valence-electron chi connectivity index (χ3n) is 0.333. The number of hydrogen-bond acceptors (Lipinski definition) is 0. The molecule has 0 aliphatic heterocycles. The predicted molar refractivity (Wildman–Crippen MR) is 68.9 cm³/mol. The van der Waals surface area contributed by atoms with Crippen LogP contribution in [0.2, 0.25) is 0 Å². The van der Waals surface area contributed by atoms with E-state index in [1.807, 2.05) is 32.9 Å². The Morgan fingerprint density at radius 2 is 1.00 bits per heavy atom. The van der Waals surface area contributed by atoms with Crippen molar-refractivity contribution in [3.8, 4) is 0 Å². The summed E-state index contributed by atoms with van der Waals surface area (Å²) < 4.78 is 0. The summed E-state index contributed by atoms with van der Waals surface area (Å²) >= 11 is 0. The lowest BCUT2D eigenvalue weighted by Gasteiger charge is -1.49. The van der Waals surface area contributed by atoms with Gasteiger partial charge in [0, 0.05) is 6.92 Å². The second-order valence-electron chi connectivity index (χ2n) is 1.41. The lowest BCUT2D eigenvalue weighted by Crippen LogP contribution is -1.26. The molecule has 0 radical (unpaired) electrons. The maximum Gasteiger partial charge on any atom is 0.201 e. The first-order valence-electron chi connectivity index (χ1n) is 3.88. The van der Waals surface area contributed by atoms with Gasteiger partial charge in [-0.3, -0.25) is 0 Å². The summed E-state index contributed by atoms with van der Waals surface area (Å²) in [6.45, 7) is 21.8. The van der Waals surface area contributed by atoms with Gasteiger partial charge < -0.3 is 0 Å². The van der Waals surface area contributed by atoms with E-state index in [1.54, 1.807) is 13.0 Å². The van der Waals surface area contributed by atoms with Crippen LogP contribution in [0.25, 0.3) is 0 Å². The third-order valence-corrected chi connectivity index (χ3v) is 0.333. The normalized spacial score (nSPS) is 5.15. The summed E-state index contributed by atoms with van der Waals surface area (Å²) in [5.41, 5.74) is 0. The topological polar surface area (TPSA) is 0 Å². The van der Waals surface area contributed by atoms with Gasteiger partial charge in [0.2, 0.25) is 6.58 Å². The van der Waals surface area contributed by atoms with Crippen molar-refractivity contribution in [2.24, 2.45) is 0 Å². The SMILES string of the molecule is C.C/C=C\C.C=C.C=CC.[CH+]=CC. The van der Waals surface area contributed by atoms with Crippen LogP contribution < -0.4 is 0 Å². The van der Waals surface area contributed by atoms with Crippen molar-refractivity contribution in [1.29, 1.82) is 0 Å². The minimum absolute atomic E-state index is 0. The second-order valence-corrected chi connectivity index (χ2v) is 1.41. The van der Waals surface area contributed by atoms with E-state index in [1.165, 1.54) is 6.08 Å². The van der Waals surface area contributed by atoms with Crippen LogP contribution in [0, 0.1) is 6.58 Å². The molecular formula is C13H27+. The fourth-order valence-electron chi connectivity index (χ4n) is 0. The maximum atomic E-state index is 4.72. The summed E-state index contributed by atoms with van der Waals surface area (Å²) in [6.07, 6.45) is 7.25. The molecule has 0 atom stereocenters. The van der Waals surface area contributed by atoms with E-state index >= 15 is 0 Å². The highest BCUT2D eigenvalue weighted by molar-refractivity contribution is 4.68. The Hall–Kier alpha value is -1.13. The van der Waals surface area contributed by atoms with E-state index in [-0.39, 0.29) is 7.43 Å². The van der Waals surface area contributed by atoms with Crippen molar-refractivity contribution in [3.63, 3.8) is 0 Å². The highest BCUT2D eigenvalue weighted by atomic mass is 13.4. The molecule has 0 nitrogen and oxygen atoms in total. The van der Waals surface area contributed by atoms with E-state index < -0.39 is 0 Å². The van der Waals surface area contributed by atoms with Crippen LogP contribution >= 0.6 is 0 Å². The van der Waals surface area contributed by atoms with E-state index in [0.717, 1.165) is 0 Å². The summed E-state index contributed by atoms with van der Waals surface area (Å²) in [7, 11) is 0. The molecule has 0 saturated carbocycles. The van der Waals surface area contributed by atoms with Gasteiger partial charge in [-0.2, -0.15) is 0 Å². The van der Waals surface area contributed by atoms with Gasteiger partial charge in [-0.1, -0.05) is 25.7 Å². The molecule has 0 rings (SSSR count). The van der Waals surface area contributed by atoms with Crippen molar-refractivity contribution in [2.45, 2.75) is 35.1 Å². The Bertz CT molecular complexity index is 68.0. The molecule has 0 aromatic heterocycles. The molecule has 0 amide bonds. The van der Waals surface area contributed by atoms with E-state index in [9.17, 15) is 0 Å². The zero-order valence-corrected chi connectivity index (χ0v) is 9.01. The summed E-state index contributed by atoms with van der Waals surface area (Å²) in [6, 6.07) is 0. The molecule has 0 aliphatic rings. The molecule has 0 spiro atoms. The number of hydrogen-bond donors (Lipinski definition) is 0. The van der Waals surface area contributed by atoms with Crippen LogP contribution in [0.4, 0.5) is 0 Å². The average molecular weight is 183 g/mol. The van der Waals surface area contributed by atoms with E-state index in [0.29, 0.717) is 0 Å². The van der Waals surface area contributed by atoms with Crippen LogP contribution in [-0.2, 0) is 0 Å². The van der Waals surface area contributed by atoms with Crippen LogP contribution in [0.1, 0.15) is 35.1 Å². The molecule has 0 fully saturated rings. The minimum Gasteiger partial charge on any atom is -0.106 e. The molecule has 0 heterocycles. The zero-order chi connectivity index (χ0) is 10.8. The summed E-state index contributed by atoms with van der Waals surface area (Å²) in [4.78, 5) is 0. The monoisotopic (exact) mass is 183 g/mol. The fraction of sp³-hybridized carbons (Fsp3) is 0.385. The Morgan fingerprint density at radius 3 is 1.00 bits per heavy atom. The molecule has 0 unspecified atom stereocenters. The van der Waals surface area contributed by atoms with Crippen molar-refractivity contribution in [2.75, 3.05) is 0 Å². The fourth-order valence-corrected chi connectivity index (χ4v) is 0. The predicted octanol–water partition coefficient (Wildman–Crippen LogP) is 5.21.